The Labute approximate surface area is 181 Å². The zero-order chi connectivity index (χ0) is 20.6. The summed E-state index contributed by atoms with van der Waals surface area (Å²) in [6.07, 6.45) is 0.451. The molecular formula is C19H12Cl2NO5PS. The SMILES string of the molecule is O=[N+]([O-])c1ccccc1OP1(=S)Oc2ccc(Cl)cc2Cc2cc(Cl)ccc2O1. The molecule has 3 aromatic rings. The lowest BCUT2D eigenvalue weighted by Gasteiger charge is -2.27. The van der Waals surface area contributed by atoms with Gasteiger partial charge in [-0.05, 0) is 42.5 Å². The Bertz CT molecular complexity index is 1120. The van der Waals surface area contributed by atoms with Gasteiger partial charge in [-0.1, -0.05) is 35.3 Å². The third-order valence-corrected chi connectivity index (χ3v) is 6.52. The Morgan fingerprint density at radius 3 is 2.07 bits per heavy atom. The molecule has 6 nitrogen and oxygen atoms in total. The molecule has 4 rings (SSSR count). The number of rotatable bonds is 3. The van der Waals surface area contributed by atoms with Crippen molar-refractivity contribution in [2.75, 3.05) is 0 Å². The third-order valence-electron chi connectivity index (χ3n) is 4.12. The van der Waals surface area contributed by atoms with E-state index in [9.17, 15) is 10.1 Å². The minimum absolute atomic E-state index is 0.0348. The molecule has 0 unspecified atom stereocenters. The number of nitro benzene ring substituents is 1. The van der Waals surface area contributed by atoms with Gasteiger partial charge in [0.05, 0.1) is 4.92 Å². The number of benzene rings is 3. The normalized spacial score (nSPS) is 14.3. The first-order valence-corrected chi connectivity index (χ1v) is 11.6. The highest BCUT2D eigenvalue weighted by Crippen LogP contribution is 2.54. The fourth-order valence-electron chi connectivity index (χ4n) is 2.86. The summed E-state index contributed by atoms with van der Waals surface area (Å²) < 4.78 is 17.8. The molecule has 0 saturated carbocycles. The van der Waals surface area contributed by atoms with Crippen LogP contribution in [0, 0.1) is 10.1 Å². The number of halogens is 2. The fraction of sp³-hybridized carbons (Fsp3) is 0.0526. The van der Waals surface area contributed by atoms with Gasteiger partial charge in [0.2, 0.25) is 5.75 Å². The summed E-state index contributed by atoms with van der Waals surface area (Å²) in [5, 5.41) is 12.4. The fourth-order valence-corrected chi connectivity index (χ4v) is 5.32. The highest BCUT2D eigenvalue weighted by Gasteiger charge is 2.33. The predicted molar refractivity (Wildman–Crippen MR) is 115 cm³/mol. The van der Waals surface area contributed by atoms with E-state index in [2.05, 4.69) is 0 Å². The Balaban J connectivity index is 1.83. The Morgan fingerprint density at radius 2 is 1.52 bits per heavy atom. The van der Waals surface area contributed by atoms with Crippen LogP contribution in [0.15, 0.2) is 60.7 Å². The monoisotopic (exact) mass is 467 g/mol. The molecule has 0 N–H and O–H groups in total. The van der Waals surface area contributed by atoms with E-state index in [1.165, 1.54) is 18.2 Å². The molecule has 0 saturated heterocycles. The van der Waals surface area contributed by atoms with Crippen LogP contribution < -0.4 is 13.6 Å². The van der Waals surface area contributed by atoms with Gasteiger partial charge in [0.1, 0.15) is 11.5 Å². The summed E-state index contributed by atoms with van der Waals surface area (Å²) >= 11 is 17.9. The van der Waals surface area contributed by atoms with Crippen LogP contribution in [0.25, 0.3) is 0 Å². The minimum atomic E-state index is -3.53. The second-order valence-corrected chi connectivity index (χ2v) is 9.78. The van der Waals surface area contributed by atoms with Crippen LogP contribution in [0.5, 0.6) is 17.2 Å². The lowest BCUT2D eigenvalue weighted by molar-refractivity contribution is -0.385. The van der Waals surface area contributed by atoms with Crippen LogP contribution in [-0.2, 0) is 18.2 Å². The summed E-state index contributed by atoms with van der Waals surface area (Å²) in [6, 6.07) is 16.1. The molecular weight excluding hydrogens is 456 g/mol. The van der Waals surface area contributed by atoms with Gasteiger partial charge < -0.3 is 13.6 Å². The van der Waals surface area contributed by atoms with E-state index in [4.69, 9.17) is 48.6 Å². The van der Waals surface area contributed by atoms with Crippen molar-refractivity contribution in [2.24, 2.45) is 0 Å². The van der Waals surface area contributed by atoms with Crippen molar-refractivity contribution >= 4 is 47.4 Å². The molecule has 0 bridgehead atoms. The van der Waals surface area contributed by atoms with Crippen LogP contribution in [0.3, 0.4) is 0 Å². The smallest absolute Gasteiger partial charge is 0.407 e. The zero-order valence-electron chi connectivity index (χ0n) is 14.6. The van der Waals surface area contributed by atoms with Crippen LogP contribution in [0.1, 0.15) is 11.1 Å². The molecule has 0 aromatic heterocycles. The largest absolute Gasteiger partial charge is 0.490 e. The molecule has 3 aromatic carbocycles. The van der Waals surface area contributed by atoms with Crippen LogP contribution >= 0.6 is 29.9 Å². The standard InChI is InChI=1S/C19H12Cl2NO5PS/c20-14-5-7-17-12(10-14)9-13-11-15(21)6-8-18(13)26-28(29,25-17)27-19-4-2-1-3-16(19)22(23)24/h1-8,10-11H,9H2. The zero-order valence-corrected chi connectivity index (χ0v) is 17.8. The van der Waals surface area contributed by atoms with Gasteiger partial charge in [-0.3, -0.25) is 10.1 Å². The first kappa shape index (κ1) is 20.0. The molecule has 0 amide bonds. The maximum absolute atomic E-state index is 11.4. The maximum atomic E-state index is 11.4. The van der Waals surface area contributed by atoms with E-state index in [0.29, 0.717) is 28.0 Å². The van der Waals surface area contributed by atoms with Gasteiger partial charge in [-0.15, -0.1) is 0 Å². The molecule has 0 atom stereocenters. The molecule has 0 fully saturated rings. The van der Waals surface area contributed by atoms with Crippen LogP contribution in [-0.4, -0.2) is 4.92 Å². The average molecular weight is 468 g/mol. The molecule has 148 valence electrons. The van der Waals surface area contributed by atoms with Gasteiger partial charge in [0.15, 0.2) is 0 Å². The molecule has 0 aliphatic carbocycles. The van der Waals surface area contributed by atoms with Gasteiger partial charge in [0, 0.05) is 45.5 Å². The van der Waals surface area contributed by atoms with E-state index in [0.717, 1.165) is 11.1 Å². The van der Waals surface area contributed by atoms with Crippen molar-refractivity contribution in [1.29, 1.82) is 0 Å². The minimum Gasteiger partial charge on any atom is -0.407 e. The number of nitro groups is 1. The van der Waals surface area contributed by atoms with Gasteiger partial charge in [-0.25, -0.2) is 0 Å². The van der Waals surface area contributed by atoms with Crippen molar-refractivity contribution in [3.05, 3.63) is 92.0 Å². The van der Waals surface area contributed by atoms with E-state index in [1.807, 2.05) is 0 Å². The van der Waals surface area contributed by atoms with Crippen molar-refractivity contribution in [3.63, 3.8) is 0 Å². The average Bonchev–Trinajstić information content (AvgIpc) is 2.65. The van der Waals surface area contributed by atoms with Crippen molar-refractivity contribution in [2.45, 2.75) is 6.42 Å². The van der Waals surface area contributed by atoms with Crippen molar-refractivity contribution in [1.82, 2.24) is 0 Å². The van der Waals surface area contributed by atoms with Crippen LogP contribution in [0.4, 0.5) is 5.69 Å². The Morgan fingerprint density at radius 1 is 0.966 bits per heavy atom. The van der Waals surface area contributed by atoms with Gasteiger partial charge in [0.25, 0.3) is 0 Å². The number of hydrogen-bond acceptors (Lipinski definition) is 6. The second kappa shape index (κ2) is 7.84. The quantitative estimate of drug-likeness (QED) is 0.246. The number of nitrogens with zero attached hydrogens (tertiary/aromatic N) is 1. The second-order valence-electron chi connectivity index (χ2n) is 6.13. The summed E-state index contributed by atoms with van der Waals surface area (Å²) in [6.45, 7) is -3.53. The highest BCUT2D eigenvalue weighted by atomic mass is 35.5. The molecule has 0 spiro atoms. The van der Waals surface area contributed by atoms with Crippen molar-refractivity contribution in [3.8, 4) is 17.2 Å². The Kier molecular flexibility index (Phi) is 5.40. The van der Waals surface area contributed by atoms with E-state index in [1.54, 1.807) is 42.5 Å². The predicted octanol–water partition coefficient (Wildman–Crippen LogP) is 6.57. The van der Waals surface area contributed by atoms with E-state index in [-0.39, 0.29) is 11.4 Å². The number of para-hydroxylation sites is 2. The highest BCUT2D eigenvalue weighted by molar-refractivity contribution is 8.08. The molecule has 0 radical (unpaired) electrons. The topological polar surface area (TPSA) is 70.8 Å². The van der Waals surface area contributed by atoms with E-state index >= 15 is 0 Å². The summed E-state index contributed by atoms with van der Waals surface area (Å²) in [7, 11) is 0. The molecule has 1 heterocycles. The molecule has 29 heavy (non-hydrogen) atoms. The lowest BCUT2D eigenvalue weighted by Crippen LogP contribution is -2.12. The van der Waals surface area contributed by atoms with Crippen LogP contribution in [0.2, 0.25) is 10.0 Å². The lowest BCUT2D eigenvalue weighted by atomic mass is 10.0. The molecule has 10 heteroatoms. The maximum Gasteiger partial charge on any atom is 0.490 e. The molecule has 1 aliphatic rings. The summed E-state index contributed by atoms with van der Waals surface area (Å²) in [5.41, 5.74) is 1.30. The summed E-state index contributed by atoms with van der Waals surface area (Å²) in [4.78, 5) is 10.8. The van der Waals surface area contributed by atoms with Crippen molar-refractivity contribution < 1.29 is 18.5 Å². The number of hydrogen-bond donors (Lipinski definition) is 0. The first-order chi connectivity index (χ1) is 13.8. The third kappa shape index (κ3) is 4.33. The summed E-state index contributed by atoms with van der Waals surface area (Å²) in [5.74, 6) is 0.830. The van der Waals surface area contributed by atoms with Gasteiger partial charge in [-0.2, -0.15) is 0 Å². The number of fused-ring (bicyclic) bond motifs is 2. The van der Waals surface area contributed by atoms with Gasteiger partial charge >= 0.3 is 12.4 Å². The first-order valence-electron chi connectivity index (χ1n) is 8.32. The Hall–Kier alpha value is -2.31. The van der Waals surface area contributed by atoms with E-state index < -0.39 is 11.6 Å². The molecule has 1 aliphatic heterocycles.